The molecule has 0 aromatic heterocycles. The molecule has 0 fully saturated rings. The summed E-state index contributed by atoms with van der Waals surface area (Å²) in [6.45, 7) is 0. The van der Waals surface area contributed by atoms with Crippen molar-refractivity contribution >= 4 is 11.6 Å². The minimum Gasteiger partial charge on any atom is -0.391 e. The van der Waals surface area contributed by atoms with Crippen LogP contribution >= 0.6 is 0 Å². The number of nitrogens with one attached hydrogen (secondary N) is 2. The predicted octanol–water partition coefficient (Wildman–Crippen LogP) is 1.52. The Kier molecular flexibility index (Phi) is 2.93. The summed E-state index contributed by atoms with van der Waals surface area (Å²) in [6.07, 6.45) is 3.73. The molecule has 4 nitrogen and oxygen atoms in total. The molecule has 0 radical (unpaired) electrons. The maximum atomic E-state index is 12.7. The van der Waals surface area contributed by atoms with Crippen LogP contribution in [0.5, 0.6) is 0 Å². The first kappa shape index (κ1) is 12.7. The zero-order valence-corrected chi connectivity index (χ0v) is 11.4. The highest BCUT2D eigenvalue weighted by Gasteiger charge is 2.45. The van der Waals surface area contributed by atoms with Crippen LogP contribution in [0.2, 0.25) is 0 Å². The lowest BCUT2D eigenvalue weighted by Crippen LogP contribution is -2.44. The van der Waals surface area contributed by atoms with Crippen LogP contribution in [0.4, 0.5) is 0 Å². The van der Waals surface area contributed by atoms with Gasteiger partial charge >= 0.3 is 0 Å². The molecule has 1 aromatic carbocycles. The first-order valence-electron chi connectivity index (χ1n) is 6.63. The topological polar surface area (TPSA) is 58.2 Å². The molecule has 1 aromatic rings. The Bertz CT molecular complexity index is 601. The fourth-order valence-electron chi connectivity index (χ4n) is 3.06. The molecule has 2 unspecified atom stereocenters. The number of Topliss-reactive ketones (excluding diaryl/α,β-unsaturated/α-hetero) is 2. The normalized spacial score (nSPS) is 24.3. The summed E-state index contributed by atoms with van der Waals surface area (Å²) in [5.74, 6) is -0.886. The van der Waals surface area contributed by atoms with Crippen molar-refractivity contribution in [3.8, 4) is 0 Å². The highest BCUT2D eigenvalue weighted by molar-refractivity contribution is 6.18. The van der Waals surface area contributed by atoms with Gasteiger partial charge in [0.25, 0.3) is 0 Å². The molecular weight excluding hydrogens is 252 g/mol. The van der Waals surface area contributed by atoms with Crippen molar-refractivity contribution in [2.24, 2.45) is 11.8 Å². The Labute approximate surface area is 117 Å². The SMILES string of the molecule is CNC1=CC=C(NC)C2C(=O)c3ccccc3C(=O)C12. The number of fused-ring (bicyclic) bond motifs is 2. The molecule has 2 aliphatic rings. The molecule has 0 saturated carbocycles. The van der Waals surface area contributed by atoms with Gasteiger partial charge in [-0.1, -0.05) is 24.3 Å². The van der Waals surface area contributed by atoms with E-state index < -0.39 is 11.8 Å². The molecule has 4 heteroatoms. The summed E-state index contributed by atoms with van der Waals surface area (Å²) in [5, 5.41) is 6.09. The smallest absolute Gasteiger partial charge is 0.173 e. The van der Waals surface area contributed by atoms with E-state index in [9.17, 15) is 9.59 Å². The van der Waals surface area contributed by atoms with E-state index in [-0.39, 0.29) is 11.6 Å². The van der Waals surface area contributed by atoms with Gasteiger partial charge in [-0.3, -0.25) is 9.59 Å². The first-order chi connectivity index (χ1) is 9.69. The van der Waals surface area contributed by atoms with Crippen molar-refractivity contribution in [1.29, 1.82) is 0 Å². The lowest BCUT2D eigenvalue weighted by molar-refractivity contribution is 0.0777. The molecule has 0 bridgehead atoms. The highest BCUT2D eigenvalue weighted by atomic mass is 16.1. The molecule has 0 heterocycles. The Morgan fingerprint density at radius 1 is 0.800 bits per heavy atom. The Hall–Kier alpha value is -2.36. The third-order valence-electron chi connectivity index (χ3n) is 4.05. The maximum Gasteiger partial charge on any atom is 0.173 e. The van der Waals surface area contributed by atoms with Crippen LogP contribution in [0.15, 0.2) is 47.8 Å². The van der Waals surface area contributed by atoms with Crippen LogP contribution in [0, 0.1) is 11.8 Å². The van der Waals surface area contributed by atoms with Crippen LogP contribution in [0.25, 0.3) is 0 Å². The highest BCUT2D eigenvalue weighted by Crippen LogP contribution is 2.39. The molecule has 2 atom stereocenters. The Morgan fingerprint density at radius 3 is 1.55 bits per heavy atom. The van der Waals surface area contributed by atoms with Crippen LogP contribution < -0.4 is 10.6 Å². The molecule has 102 valence electrons. The number of hydrogen-bond donors (Lipinski definition) is 2. The van der Waals surface area contributed by atoms with Crippen molar-refractivity contribution in [2.75, 3.05) is 14.1 Å². The third-order valence-corrected chi connectivity index (χ3v) is 4.05. The van der Waals surface area contributed by atoms with E-state index in [2.05, 4.69) is 10.6 Å². The fraction of sp³-hybridized carbons (Fsp3) is 0.250. The average molecular weight is 268 g/mol. The molecule has 0 saturated heterocycles. The lowest BCUT2D eigenvalue weighted by Gasteiger charge is -2.35. The summed E-state index contributed by atoms with van der Waals surface area (Å²) in [7, 11) is 3.55. The van der Waals surface area contributed by atoms with Crippen LogP contribution in [-0.4, -0.2) is 25.7 Å². The summed E-state index contributed by atoms with van der Waals surface area (Å²) >= 11 is 0. The predicted molar refractivity (Wildman–Crippen MR) is 76.4 cm³/mol. The van der Waals surface area contributed by atoms with Gasteiger partial charge in [0.05, 0.1) is 11.8 Å². The van der Waals surface area contributed by atoms with E-state index in [0.29, 0.717) is 11.1 Å². The number of benzene rings is 1. The van der Waals surface area contributed by atoms with E-state index in [1.807, 2.05) is 12.2 Å². The maximum absolute atomic E-state index is 12.7. The largest absolute Gasteiger partial charge is 0.391 e. The summed E-state index contributed by atoms with van der Waals surface area (Å²) < 4.78 is 0. The van der Waals surface area contributed by atoms with Crippen molar-refractivity contribution in [1.82, 2.24) is 10.6 Å². The second-order valence-electron chi connectivity index (χ2n) is 4.97. The van der Waals surface area contributed by atoms with Crippen LogP contribution in [0.3, 0.4) is 0 Å². The second kappa shape index (κ2) is 4.63. The molecule has 0 amide bonds. The first-order valence-corrected chi connectivity index (χ1v) is 6.63. The van der Waals surface area contributed by atoms with Gasteiger partial charge in [-0.05, 0) is 12.2 Å². The molecule has 20 heavy (non-hydrogen) atoms. The summed E-state index contributed by atoms with van der Waals surface area (Å²) in [5.41, 5.74) is 2.64. The van der Waals surface area contributed by atoms with Gasteiger partial charge < -0.3 is 10.6 Å². The van der Waals surface area contributed by atoms with Crippen LogP contribution in [-0.2, 0) is 0 Å². The molecule has 3 rings (SSSR count). The lowest BCUT2D eigenvalue weighted by atomic mass is 9.69. The number of allylic oxidation sites excluding steroid dienone is 4. The van der Waals surface area contributed by atoms with Crippen molar-refractivity contribution in [3.63, 3.8) is 0 Å². The van der Waals surface area contributed by atoms with E-state index in [4.69, 9.17) is 0 Å². The number of rotatable bonds is 2. The van der Waals surface area contributed by atoms with Gasteiger partial charge in [-0.15, -0.1) is 0 Å². The zero-order valence-electron chi connectivity index (χ0n) is 11.4. The van der Waals surface area contributed by atoms with Gasteiger partial charge in [0.15, 0.2) is 11.6 Å². The molecular formula is C16H16N2O2. The Balaban J connectivity index is 2.20. The zero-order chi connectivity index (χ0) is 14.3. The average Bonchev–Trinajstić information content (AvgIpc) is 2.51. The van der Waals surface area contributed by atoms with E-state index >= 15 is 0 Å². The molecule has 2 N–H and O–H groups in total. The summed E-state index contributed by atoms with van der Waals surface area (Å²) in [4.78, 5) is 25.5. The number of carbonyl (C=O) groups excluding carboxylic acids is 2. The van der Waals surface area contributed by atoms with Gasteiger partial charge in [-0.25, -0.2) is 0 Å². The minimum absolute atomic E-state index is 0.00616. The monoisotopic (exact) mass is 268 g/mol. The second-order valence-corrected chi connectivity index (χ2v) is 4.97. The van der Waals surface area contributed by atoms with Gasteiger partial charge in [-0.2, -0.15) is 0 Å². The summed E-state index contributed by atoms with van der Waals surface area (Å²) in [6, 6.07) is 7.06. The minimum atomic E-state index is -0.449. The number of carbonyl (C=O) groups is 2. The number of ketones is 2. The van der Waals surface area contributed by atoms with Crippen molar-refractivity contribution in [2.45, 2.75) is 0 Å². The Morgan fingerprint density at radius 2 is 1.20 bits per heavy atom. The van der Waals surface area contributed by atoms with E-state index in [1.54, 1.807) is 38.4 Å². The molecule has 0 aliphatic heterocycles. The van der Waals surface area contributed by atoms with Crippen molar-refractivity contribution in [3.05, 3.63) is 58.9 Å². The fourth-order valence-corrected chi connectivity index (χ4v) is 3.06. The van der Waals surface area contributed by atoms with Crippen LogP contribution in [0.1, 0.15) is 20.7 Å². The quantitative estimate of drug-likeness (QED) is 0.854. The van der Waals surface area contributed by atoms with E-state index in [0.717, 1.165) is 11.4 Å². The standard InChI is InChI=1S/C16H16N2O2/c1-17-11-7-8-12(18-2)14-13(11)15(19)9-5-3-4-6-10(9)16(14)20/h3-8,13-14,17-18H,1-2H3. The van der Waals surface area contributed by atoms with Crippen molar-refractivity contribution < 1.29 is 9.59 Å². The molecule has 0 spiro atoms. The van der Waals surface area contributed by atoms with E-state index in [1.165, 1.54) is 0 Å². The molecule has 2 aliphatic carbocycles. The van der Waals surface area contributed by atoms with Gasteiger partial charge in [0, 0.05) is 36.6 Å². The van der Waals surface area contributed by atoms with Gasteiger partial charge in [0.1, 0.15) is 0 Å². The third kappa shape index (κ3) is 1.61. The number of hydrogen-bond acceptors (Lipinski definition) is 4. The van der Waals surface area contributed by atoms with Gasteiger partial charge in [0.2, 0.25) is 0 Å².